The first-order chi connectivity index (χ1) is 16.1. The van der Waals surface area contributed by atoms with Gasteiger partial charge in [-0.25, -0.2) is 9.97 Å². The minimum Gasteiger partial charge on any atom is -0.369 e. The zero-order valence-corrected chi connectivity index (χ0v) is 19.6. The molecule has 0 radical (unpaired) electrons. The van der Waals surface area contributed by atoms with Gasteiger partial charge in [-0.1, -0.05) is 42.9 Å². The van der Waals surface area contributed by atoms with Crippen LogP contribution < -0.4 is 10.9 Å². The molecule has 2 fully saturated rings. The fourth-order valence-electron chi connectivity index (χ4n) is 4.34. The summed E-state index contributed by atoms with van der Waals surface area (Å²) in [6.07, 6.45) is 13.8. The van der Waals surface area contributed by atoms with Crippen molar-refractivity contribution in [1.29, 1.82) is 0 Å². The first-order valence-corrected chi connectivity index (χ1v) is 12.3. The van der Waals surface area contributed by atoms with Crippen LogP contribution in [0.2, 0.25) is 0 Å². The van der Waals surface area contributed by atoms with Gasteiger partial charge in [-0.3, -0.25) is 18.9 Å². The highest BCUT2D eigenvalue weighted by atomic mass is 32.2. The third-order valence-electron chi connectivity index (χ3n) is 6.00. The van der Waals surface area contributed by atoms with Crippen LogP contribution in [0, 0.1) is 0 Å². The van der Waals surface area contributed by atoms with Crippen molar-refractivity contribution in [3.05, 3.63) is 63.9 Å². The summed E-state index contributed by atoms with van der Waals surface area (Å²) in [6.45, 7) is 1.42. The van der Waals surface area contributed by atoms with E-state index in [0.29, 0.717) is 32.8 Å². The predicted octanol–water partition coefficient (Wildman–Crippen LogP) is 3.54. The Morgan fingerprint density at radius 2 is 2.06 bits per heavy atom. The molecule has 4 heterocycles. The van der Waals surface area contributed by atoms with E-state index in [0.717, 1.165) is 38.6 Å². The molecule has 1 aliphatic carbocycles. The minimum atomic E-state index is -0.219. The summed E-state index contributed by atoms with van der Waals surface area (Å²) in [5, 5.41) is 3.31. The SMILES string of the molecule is O=C1/C(=C/c2c(NCCCn3ccnc3)nc3ccccn3c2=O)SC(=S)N1C1CCCC1. The Balaban J connectivity index is 1.45. The molecule has 3 aromatic heterocycles. The van der Waals surface area contributed by atoms with Gasteiger partial charge in [0.15, 0.2) is 0 Å². The van der Waals surface area contributed by atoms with E-state index in [1.54, 1.807) is 41.8 Å². The van der Waals surface area contributed by atoms with Gasteiger partial charge in [0.2, 0.25) is 0 Å². The number of pyridine rings is 1. The predicted molar refractivity (Wildman–Crippen MR) is 134 cm³/mol. The Morgan fingerprint density at radius 1 is 1.21 bits per heavy atom. The molecule has 0 aromatic carbocycles. The number of hydrogen-bond acceptors (Lipinski definition) is 7. The molecule has 2 aliphatic rings. The normalized spacial score (nSPS) is 18.2. The van der Waals surface area contributed by atoms with Crippen molar-refractivity contribution in [3.63, 3.8) is 0 Å². The summed E-state index contributed by atoms with van der Waals surface area (Å²) >= 11 is 6.79. The second-order valence-electron chi connectivity index (χ2n) is 8.18. The van der Waals surface area contributed by atoms with Crippen LogP contribution in [0.4, 0.5) is 5.82 Å². The minimum absolute atomic E-state index is 0.111. The van der Waals surface area contributed by atoms with Crippen molar-refractivity contribution in [2.24, 2.45) is 0 Å². The number of amides is 1. The average molecular weight is 481 g/mol. The number of thiocarbonyl (C=S) groups is 1. The van der Waals surface area contributed by atoms with Gasteiger partial charge in [0.25, 0.3) is 11.5 Å². The Hall–Kier alpha value is -2.98. The lowest BCUT2D eigenvalue weighted by molar-refractivity contribution is -0.123. The number of nitrogens with zero attached hydrogens (tertiary/aromatic N) is 5. The molecule has 5 rings (SSSR count). The van der Waals surface area contributed by atoms with Crippen LogP contribution >= 0.6 is 24.0 Å². The van der Waals surface area contributed by atoms with Crippen LogP contribution in [0.15, 0.2) is 52.8 Å². The van der Waals surface area contributed by atoms with Gasteiger partial charge in [-0.2, -0.15) is 0 Å². The van der Waals surface area contributed by atoms with Crippen molar-refractivity contribution >= 4 is 51.7 Å². The summed E-state index contributed by atoms with van der Waals surface area (Å²) in [4.78, 5) is 37.5. The lowest BCUT2D eigenvalue weighted by atomic mass is 10.2. The van der Waals surface area contributed by atoms with Crippen LogP contribution in [0.3, 0.4) is 0 Å². The molecule has 8 nitrogen and oxygen atoms in total. The second-order valence-corrected chi connectivity index (χ2v) is 9.85. The molecule has 0 atom stereocenters. The van der Waals surface area contributed by atoms with E-state index in [-0.39, 0.29) is 17.5 Å². The van der Waals surface area contributed by atoms with E-state index >= 15 is 0 Å². The van der Waals surface area contributed by atoms with Crippen LogP contribution in [-0.4, -0.2) is 46.6 Å². The number of nitrogens with one attached hydrogen (secondary N) is 1. The van der Waals surface area contributed by atoms with E-state index in [4.69, 9.17) is 12.2 Å². The molecule has 0 bridgehead atoms. The van der Waals surface area contributed by atoms with Gasteiger partial charge in [-0.15, -0.1) is 0 Å². The fourth-order valence-corrected chi connectivity index (χ4v) is 5.73. The summed E-state index contributed by atoms with van der Waals surface area (Å²) in [5.41, 5.74) is 0.701. The molecule has 1 N–H and O–H groups in total. The monoisotopic (exact) mass is 480 g/mol. The number of hydrogen-bond donors (Lipinski definition) is 1. The average Bonchev–Trinajstić information content (AvgIpc) is 3.57. The van der Waals surface area contributed by atoms with Gasteiger partial charge < -0.3 is 9.88 Å². The number of carbonyl (C=O) groups excluding carboxylic acids is 1. The van der Waals surface area contributed by atoms with Gasteiger partial charge in [0.05, 0.1) is 16.8 Å². The molecule has 3 aromatic rings. The number of rotatable bonds is 7. The molecule has 33 heavy (non-hydrogen) atoms. The van der Waals surface area contributed by atoms with Gasteiger partial charge in [0.1, 0.15) is 15.8 Å². The Morgan fingerprint density at radius 3 is 2.85 bits per heavy atom. The van der Waals surface area contributed by atoms with Crippen LogP contribution in [-0.2, 0) is 11.3 Å². The topological polar surface area (TPSA) is 84.5 Å². The maximum atomic E-state index is 13.3. The van der Waals surface area contributed by atoms with Crippen molar-refractivity contribution < 1.29 is 4.79 Å². The molecule has 1 amide bonds. The van der Waals surface area contributed by atoms with Crippen LogP contribution in [0.1, 0.15) is 37.7 Å². The third kappa shape index (κ3) is 4.45. The Labute approximate surface area is 200 Å². The van der Waals surface area contributed by atoms with Crippen molar-refractivity contribution in [2.45, 2.75) is 44.7 Å². The first-order valence-electron chi connectivity index (χ1n) is 11.1. The third-order valence-corrected chi connectivity index (χ3v) is 7.33. The van der Waals surface area contributed by atoms with E-state index in [9.17, 15) is 9.59 Å². The van der Waals surface area contributed by atoms with E-state index in [2.05, 4.69) is 15.3 Å². The molecular formula is C23H24N6O2S2. The van der Waals surface area contributed by atoms with Crippen molar-refractivity contribution in [1.82, 2.24) is 23.8 Å². The highest BCUT2D eigenvalue weighted by Crippen LogP contribution is 2.38. The zero-order valence-electron chi connectivity index (χ0n) is 18.0. The van der Waals surface area contributed by atoms with Gasteiger partial charge in [0, 0.05) is 37.7 Å². The standard InChI is InChI=1S/C23H24N6O2S2/c30-21-17(14-18-22(31)29(23(32)33-18)16-6-1-2-7-16)20(26-19-8-3-4-12-28(19)21)25-9-5-11-27-13-10-24-15-27/h3-4,8,10,12-16,25H,1-2,5-7,9,11H2/b18-14-. The Bertz CT molecular complexity index is 1280. The van der Waals surface area contributed by atoms with E-state index < -0.39 is 0 Å². The molecule has 1 saturated heterocycles. The van der Waals surface area contributed by atoms with Gasteiger partial charge in [-0.05, 0) is 37.5 Å². The molecular weight excluding hydrogens is 456 g/mol. The summed E-state index contributed by atoms with van der Waals surface area (Å²) in [6, 6.07) is 5.59. The zero-order chi connectivity index (χ0) is 22.8. The smallest absolute Gasteiger partial charge is 0.267 e. The maximum absolute atomic E-state index is 13.3. The number of carbonyl (C=O) groups is 1. The highest BCUT2D eigenvalue weighted by Gasteiger charge is 2.38. The molecule has 1 saturated carbocycles. The van der Waals surface area contributed by atoms with Crippen LogP contribution in [0.5, 0.6) is 0 Å². The quantitative estimate of drug-likeness (QED) is 0.315. The highest BCUT2D eigenvalue weighted by molar-refractivity contribution is 8.26. The molecule has 170 valence electrons. The molecule has 0 spiro atoms. The number of thioether (sulfide) groups is 1. The van der Waals surface area contributed by atoms with E-state index in [1.807, 2.05) is 16.8 Å². The maximum Gasteiger partial charge on any atom is 0.267 e. The number of aromatic nitrogens is 4. The van der Waals surface area contributed by atoms with Crippen LogP contribution in [0.25, 0.3) is 11.7 Å². The molecule has 10 heteroatoms. The van der Waals surface area contributed by atoms with Crippen molar-refractivity contribution in [2.75, 3.05) is 11.9 Å². The number of imidazole rings is 1. The van der Waals surface area contributed by atoms with Crippen molar-refractivity contribution in [3.8, 4) is 0 Å². The number of aryl methyl sites for hydroxylation is 1. The molecule has 0 unspecified atom stereocenters. The second kappa shape index (κ2) is 9.48. The molecule has 1 aliphatic heterocycles. The fraction of sp³-hybridized carbons (Fsp3) is 0.348. The largest absolute Gasteiger partial charge is 0.369 e. The number of anilines is 1. The summed E-state index contributed by atoms with van der Waals surface area (Å²) in [7, 11) is 0. The summed E-state index contributed by atoms with van der Waals surface area (Å²) in [5.74, 6) is 0.364. The Kier molecular flexibility index (Phi) is 6.28. The number of fused-ring (bicyclic) bond motifs is 1. The lowest BCUT2D eigenvalue weighted by Crippen LogP contribution is -2.36. The van der Waals surface area contributed by atoms with Gasteiger partial charge >= 0.3 is 0 Å². The summed E-state index contributed by atoms with van der Waals surface area (Å²) < 4.78 is 4.07. The van der Waals surface area contributed by atoms with E-state index in [1.165, 1.54) is 16.2 Å². The first kappa shape index (κ1) is 21.8. The lowest BCUT2D eigenvalue weighted by Gasteiger charge is -2.21.